The summed E-state index contributed by atoms with van der Waals surface area (Å²) in [6.45, 7) is 1.51. The van der Waals surface area contributed by atoms with Gasteiger partial charge in [0.25, 0.3) is 0 Å². The van der Waals surface area contributed by atoms with Crippen molar-refractivity contribution >= 4 is 104 Å². The van der Waals surface area contributed by atoms with E-state index in [0.29, 0.717) is 53.4 Å². The maximum Gasteiger partial charge on any atom is 0.328 e. The number of carboxylic acids is 4. The molecule has 8 amide bonds. The van der Waals surface area contributed by atoms with Gasteiger partial charge in [-0.15, -0.1) is 0 Å². The molecular weight excluding hydrogens is 1360 g/mol. The highest BCUT2D eigenvalue weighted by molar-refractivity contribution is 8.76. The van der Waals surface area contributed by atoms with E-state index in [1.54, 1.807) is 80.4 Å². The van der Waals surface area contributed by atoms with Crippen molar-refractivity contribution < 1.29 is 93.3 Å². The van der Waals surface area contributed by atoms with Crippen LogP contribution in [0, 0.1) is 0 Å². The molecule has 18 N–H and O–H groups in total. The van der Waals surface area contributed by atoms with Crippen LogP contribution in [0.2, 0.25) is 0 Å². The maximum absolute atomic E-state index is 15.3. The average molecular weight is 1450 g/mol. The zero-order valence-corrected chi connectivity index (χ0v) is 57.8. The third-order valence-electron chi connectivity index (χ3n) is 16.8. The molecule has 1 aromatic heterocycles. The number of aromatic hydroxyl groups is 1. The fourth-order valence-electron chi connectivity index (χ4n) is 11.3. The zero-order chi connectivity index (χ0) is 73.7. The van der Waals surface area contributed by atoms with E-state index >= 15 is 19.2 Å². The van der Waals surface area contributed by atoms with Gasteiger partial charge >= 0.3 is 23.9 Å². The number of nitrogens with two attached hydrogens (primary N) is 1. The van der Waals surface area contributed by atoms with Crippen molar-refractivity contribution in [3.8, 4) is 5.75 Å². The van der Waals surface area contributed by atoms with Crippen molar-refractivity contribution in [2.75, 3.05) is 96.6 Å². The van der Waals surface area contributed by atoms with Crippen LogP contribution < -0.4 is 48.3 Å². The Morgan fingerprint density at radius 3 is 1.65 bits per heavy atom. The van der Waals surface area contributed by atoms with Gasteiger partial charge in [-0.3, -0.25) is 72.3 Å². The highest BCUT2D eigenvalue weighted by Crippen LogP contribution is 2.25. The lowest BCUT2D eigenvalue weighted by molar-refractivity contribution is -0.145. The number of nitrogens with one attached hydrogen (secondary N) is 9. The first-order chi connectivity index (χ1) is 48.2. The molecule has 2 aliphatic heterocycles. The van der Waals surface area contributed by atoms with Gasteiger partial charge in [0.15, 0.2) is 6.04 Å². The number of benzene rings is 3. The van der Waals surface area contributed by atoms with Gasteiger partial charge in [0.1, 0.15) is 48.0 Å². The first-order valence-electron chi connectivity index (χ1n) is 33.0. The van der Waals surface area contributed by atoms with Crippen molar-refractivity contribution in [3.63, 3.8) is 0 Å². The Balaban J connectivity index is 1.41. The number of phenols is 1. The molecule has 2 saturated heterocycles. The summed E-state index contributed by atoms with van der Waals surface area (Å²) in [5.41, 5.74) is 7.93. The number of carboxylic acid groups (broad SMARTS) is 4. The normalized spacial score (nSPS) is 21.8. The number of aromatic amines is 1. The number of hydrogen-bond acceptors (Lipinski definition) is 22. The summed E-state index contributed by atoms with van der Waals surface area (Å²) in [5, 5.41) is 92.6. The Bertz CT molecular complexity index is 3430. The molecule has 10 atom stereocenters. The number of fused-ring (bicyclic) bond motifs is 1. The molecule has 3 aromatic carbocycles. The van der Waals surface area contributed by atoms with Crippen LogP contribution >= 0.6 is 21.6 Å². The minimum absolute atomic E-state index is 0.0430. The lowest BCUT2D eigenvalue weighted by Gasteiger charge is -2.33. The van der Waals surface area contributed by atoms with Crippen molar-refractivity contribution in [3.05, 3.63) is 102 Å². The Hall–Kier alpha value is -8.94. The number of H-pyrrole nitrogens is 1. The van der Waals surface area contributed by atoms with Crippen LogP contribution in [0.15, 0.2) is 85.1 Å². The molecule has 4 aromatic rings. The van der Waals surface area contributed by atoms with Gasteiger partial charge in [-0.05, 0) is 68.1 Å². The number of nitrogens with zero attached hydrogens (tertiary/aromatic N) is 4. The van der Waals surface area contributed by atoms with Crippen LogP contribution in [0.5, 0.6) is 5.75 Å². The molecule has 0 saturated carbocycles. The van der Waals surface area contributed by atoms with E-state index in [0.717, 1.165) is 28.5 Å². The summed E-state index contributed by atoms with van der Waals surface area (Å²) in [4.78, 5) is 176. The van der Waals surface area contributed by atoms with Gasteiger partial charge in [0, 0.05) is 100 Å². The minimum Gasteiger partial charge on any atom is -0.508 e. The second kappa shape index (κ2) is 41.1. The summed E-state index contributed by atoms with van der Waals surface area (Å²) in [6, 6.07) is 7.99. The first kappa shape index (κ1) is 81.0. The lowest BCUT2D eigenvalue weighted by atomic mass is 10.0. The topological polar surface area (TPSA) is 497 Å². The number of carbonyl (C=O) groups is 12. The maximum atomic E-state index is 15.3. The molecular formula is C66H92N14O19S2. The second-order valence-electron chi connectivity index (χ2n) is 24.8. The average Bonchev–Trinajstić information content (AvgIpc) is 1.70. The number of aliphatic hydroxyl groups excluding tert-OH is 2. The highest BCUT2D eigenvalue weighted by atomic mass is 33.1. The van der Waals surface area contributed by atoms with Gasteiger partial charge in [-0.1, -0.05) is 95.1 Å². The Kier molecular flexibility index (Phi) is 33.0. The number of rotatable bonds is 27. The van der Waals surface area contributed by atoms with Gasteiger partial charge in [0.2, 0.25) is 47.3 Å². The molecule has 35 heteroatoms. The van der Waals surface area contributed by atoms with Crippen molar-refractivity contribution in [2.24, 2.45) is 5.73 Å². The van der Waals surface area contributed by atoms with Crippen LogP contribution in [0.1, 0.15) is 56.2 Å². The predicted molar refractivity (Wildman–Crippen MR) is 372 cm³/mol. The molecule has 0 aliphatic carbocycles. The van der Waals surface area contributed by atoms with Gasteiger partial charge < -0.3 is 89.0 Å². The van der Waals surface area contributed by atoms with Crippen LogP contribution in [0.4, 0.5) is 0 Å². The van der Waals surface area contributed by atoms with E-state index in [1.807, 2.05) is 0 Å². The Morgan fingerprint density at radius 1 is 0.574 bits per heavy atom. The Labute approximate surface area is 590 Å². The van der Waals surface area contributed by atoms with E-state index in [2.05, 4.69) is 47.5 Å². The van der Waals surface area contributed by atoms with Crippen molar-refractivity contribution in [2.45, 2.75) is 119 Å². The number of aliphatic carboxylic acids is 4. The van der Waals surface area contributed by atoms with E-state index in [9.17, 15) is 74.1 Å². The first-order valence-corrected chi connectivity index (χ1v) is 35.5. The molecule has 0 spiro atoms. The van der Waals surface area contributed by atoms with E-state index in [1.165, 1.54) is 31.2 Å². The zero-order valence-electron chi connectivity index (χ0n) is 56.1. The fraction of sp³-hybridized carbons (Fsp3) is 0.515. The number of para-hydroxylation sites is 1. The van der Waals surface area contributed by atoms with Crippen LogP contribution in [-0.2, 0) is 76.8 Å². The monoisotopic (exact) mass is 1450 g/mol. The molecule has 0 bridgehead atoms. The lowest BCUT2D eigenvalue weighted by Crippen LogP contribution is -2.62. The number of amides is 8. The Morgan fingerprint density at radius 2 is 1.10 bits per heavy atom. The largest absolute Gasteiger partial charge is 0.508 e. The summed E-state index contributed by atoms with van der Waals surface area (Å²) in [7, 11) is 1.66. The standard InChI is InChI=1S/C66H92N14O19S2/c1-39(81)57-65(97)74-52(64(96)76-58(40(2)82)66(98)99)38-101-100-37-51(73-60(92)48(29-41-11-5-3-6-12-41)69-53(84)33-77-21-23-78(34-54(85)86)25-27-80(36-56(89)90)28-26-79(24-22-77)35-55(87)88)63(95)71-49(30-42-16-18-44(83)19-17-42)61(93)72-50(31-43-32-68-46-14-9-8-13-45(43)46)62(94)70-47(59(91)75-57)15-7-4-10-20-67/h3,5-6,8-9,11-14,16-19,32,39-40,47-52,57-58,68,81-83H,4,7,10,15,20-31,33-38,67H2,1-2H3,(H,69,84)(H,70,94)(H,71,95)(H,72,93)(H,73,92)(H,74,97)(H,75,91)(H,76,96)(H,85,86)(H,87,88)(H,89,90)(H,98,99)/t39-,40-,47+,48-,49+,50-,51+,52+,57+,58+/m1/s1. The number of aromatic nitrogens is 1. The molecule has 2 aliphatic rings. The number of hydrogen-bond donors (Lipinski definition) is 17. The second-order valence-corrected chi connectivity index (χ2v) is 27.4. The van der Waals surface area contributed by atoms with E-state index in [-0.39, 0.29) is 90.3 Å². The summed E-state index contributed by atoms with van der Waals surface area (Å²) >= 11 is 0. The van der Waals surface area contributed by atoms with Gasteiger partial charge in [0.05, 0.1) is 38.4 Å². The number of aliphatic hydroxyl groups is 2. The molecule has 101 heavy (non-hydrogen) atoms. The SMILES string of the molecule is C[C@@H](O)[C@H](NC(=O)[C@@H]1CSSC[C@H](NC(=O)[C@@H](Cc2ccccc2)NC(=O)CN2CCN(CC(=O)O)CCN(CC(=O)O)CCN(CC(=O)O)CC2)C(=O)N[C@@H](Cc2ccc(O)cc2)C(=O)N[C@H](Cc2c[nH]c3ccccc23)C(=O)N[C@@H](CCCCCN)C(=O)N[C@@H]([C@@H](C)O)C(=O)N1)C(=O)O. The minimum atomic E-state index is -1.91. The molecule has 0 unspecified atom stereocenters. The number of phenolic OH excluding ortho intramolecular Hbond substituents is 1. The van der Waals surface area contributed by atoms with Crippen LogP contribution in [-0.4, -0.2) is 289 Å². The number of unbranched alkanes of at least 4 members (excludes halogenated alkanes) is 2. The quantitative estimate of drug-likeness (QED) is 0.0209. The molecule has 552 valence electrons. The third kappa shape index (κ3) is 27.5. The van der Waals surface area contributed by atoms with Crippen LogP contribution in [0.25, 0.3) is 10.9 Å². The van der Waals surface area contributed by atoms with E-state index in [4.69, 9.17) is 5.73 Å². The molecule has 0 radical (unpaired) electrons. The van der Waals surface area contributed by atoms with Gasteiger partial charge in [-0.25, -0.2) is 4.79 Å². The molecule has 33 nitrogen and oxygen atoms in total. The molecule has 6 rings (SSSR count). The fourth-order valence-corrected chi connectivity index (χ4v) is 13.6. The summed E-state index contributed by atoms with van der Waals surface area (Å²) in [6.07, 6.45) is -1.17. The number of carbonyl (C=O) groups excluding carboxylic acids is 8. The predicted octanol–water partition coefficient (Wildman–Crippen LogP) is -2.98. The molecule has 2 fully saturated rings. The van der Waals surface area contributed by atoms with E-state index < -0.39 is 163 Å². The summed E-state index contributed by atoms with van der Waals surface area (Å²) < 4.78 is 0. The van der Waals surface area contributed by atoms with Gasteiger partial charge in [-0.2, -0.15) is 0 Å². The van der Waals surface area contributed by atoms with Crippen molar-refractivity contribution in [1.29, 1.82) is 0 Å². The highest BCUT2D eigenvalue weighted by Gasteiger charge is 2.38. The van der Waals surface area contributed by atoms with Crippen LogP contribution in [0.3, 0.4) is 0 Å². The third-order valence-corrected chi connectivity index (χ3v) is 19.2. The van der Waals surface area contributed by atoms with Crippen molar-refractivity contribution in [1.82, 2.24) is 67.1 Å². The molecule has 3 heterocycles. The smallest absolute Gasteiger partial charge is 0.328 e. The summed E-state index contributed by atoms with van der Waals surface area (Å²) in [5.74, 6) is -14.0.